The fourth-order valence-electron chi connectivity index (χ4n) is 2.99. The van der Waals surface area contributed by atoms with E-state index in [-0.39, 0.29) is 18.2 Å². The molecule has 1 saturated heterocycles. The Morgan fingerprint density at radius 3 is 2.96 bits per heavy atom. The molecule has 124 valence electrons. The third-order valence-electron chi connectivity index (χ3n) is 4.23. The van der Waals surface area contributed by atoms with Crippen LogP contribution in [0.2, 0.25) is 0 Å². The third-order valence-corrected chi connectivity index (χ3v) is 4.23. The van der Waals surface area contributed by atoms with Gasteiger partial charge in [0.15, 0.2) is 17.3 Å². The van der Waals surface area contributed by atoms with Gasteiger partial charge in [-0.05, 0) is 25.0 Å². The molecular weight excluding hydrogens is 310 g/mol. The van der Waals surface area contributed by atoms with Gasteiger partial charge in [0.05, 0.1) is 13.2 Å². The van der Waals surface area contributed by atoms with Crippen LogP contribution in [0.5, 0.6) is 0 Å². The number of hydrogen-bond donors (Lipinski definition) is 0. The summed E-state index contributed by atoms with van der Waals surface area (Å²) in [7, 11) is 1.31. The topological polar surface area (TPSA) is 96.4 Å². The number of amides is 1. The van der Waals surface area contributed by atoms with Crippen LogP contribution in [0, 0.1) is 17.2 Å². The minimum atomic E-state index is -1.07. The molecule has 1 aromatic carbocycles. The van der Waals surface area contributed by atoms with Gasteiger partial charge in [0.2, 0.25) is 5.89 Å². The van der Waals surface area contributed by atoms with E-state index < -0.39 is 17.9 Å². The first-order valence-corrected chi connectivity index (χ1v) is 7.75. The van der Waals surface area contributed by atoms with Gasteiger partial charge >= 0.3 is 6.09 Å². The van der Waals surface area contributed by atoms with Crippen molar-refractivity contribution < 1.29 is 18.7 Å². The number of rotatable bonds is 3. The molecule has 0 unspecified atom stereocenters. The number of benzene rings is 1. The second-order valence-corrected chi connectivity index (χ2v) is 5.74. The van der Waals surface area contributed by atoms with E-state index in [4.69, 9.17) is 9.15 Å². The Morgan fingerprint density at radius 2 is 2.25 bits per heavy atom. The highest BCUT2D eigenvalue weighted by atomic mass is 16.5. The first-order chi connectivity index (χ1) is 11.6. The largest absolute Gasteiger partial charge is 0.453 e. The normalized spacial score (nSPS) is 18.8. The maximum Gasteiger partial charge on any atom is 0.409 e. The lowest BCUT2D eigenvalue weighted by atomic mass is 9.87. The van der Waals surface area contributed by atoms with Crippen molar-refractivity contribution in [1.29, 1.82) is 5.26 Å². The molecule has 2 atom stereocenters. The Morgan fingerprint density at radius 1 is 1.46 bits per heavy atom. The number of nitrogens with zero attached hydrogens (tertiary/aromatic N) is 3. The van der Waals surface area contributed by atoms with Crippen molar-refractivity contribution in [2.24, 2.45) is 5.92 Å². The van der Waals surface area contributed by atoms with Gasteiger partial charge in [-0.2, -0.15) is 5.26 Å². The number of hydrogen-bond acceptors (Lipinski definition) is 6. The van der Waals surface area contributed by atoms with E-state index in [0.717, 1.165) is 0 Å². The number of oxazole rings is 1. The van der Waals surface area contributed by atoms with E-state index in [1.54, 1.807) is 18.2 Å². The lowest BCUT2D eigenvalue weighted by Crippen LogP contribution is -2.43. The number of nitriles is 1. The fraction of sp³-hybridized carbons (Fsp3) is 0.412. The zero-order chi connectivity index (χ0) is 17.1. The van der Waals surface area contributed by atoms with E-state index in [9.17, 15) is 14.9 Å². The van der Waals surface area contributed by atoms with Crippen LogP contribution in [0.1, 0.15) is 24.7 Å². The van der Waals surface area contributed by atoms with Gasteiger partial charge in [0.1, 0.15) is 5.52 Å². The Kier molecular flexibility index (Phi) is 4.47. The highest BCUT2D eigenvalue weighted by molar-refractivity contribution is 5.90. The maximum atomic E-state index is 12.8. The Balaban J connectivity index is 1.81. The summed E-state index contributed by atoms with van der Waals surface area (Å²) in [5, 5.41) is 9.45. The van der Waals surface area contributed by atoms with Crippen LogP contribution in [-0.4, -0.2) is 42.0 Å². The van der Waals surface area contributed by atoms with Crippen LogP contribution in [-0.2, 0) is 9.53 Å². The number of likely N-dealkylation sites (tertiary alicyclic amines) is 1. The summed E-state index contributed by atoms with van der Waals surface area (Å²) in [6.45, 7) is 0.806. The molecule has 2 aromatic rings. The number of carbonyl (C=O) groups is 2. The average molecular weight is 327 g/mol. The maximum absolute atomic E-state index is 12.8. The van der Waals surface area contributed by atoms with Crippen LogP contribution in [0.15, 0.2) is 28.7 Å². The predicted molar refractivity (Wildman–Crippen MR) is 84.1 cm³/mol. The molecule has 7 nitrogen and oxygen atoms in total. The molecule has 2 heterocycles. The van der Waals surface area contributed by atoms with Gasteiger partial charge < -0.3 is 14.1 Å². The van der Waals surface area contributed by atoms with Crippen LogP contribution < -0.4 is 0 Å². The lowest BCUT2D eigenvalue weighted by Gasteiger charge is -2.31. The quantitative estimate of drug-likeness (QED) is 0.859. The first kappa shape index (κ1) is 16.0. The number of Topliss-reactive ketones (excluding diaryl/α,β-unsaturated/α-hetero) is 1. The summed E-state index contributed by atoms with van der Waals surface area (Å²) < 4.78 is 10.3. The summed E-state index contributed by atoms with van der Waals surface area (Å²) in [4.78, 5) is 30.2. The molecule has 0 radical (unpaired) electrons. The van der Waals surface area contributed by atoms with Crippen LogP contribution in [0.25, 0.3) is 11.1 Å². The molecule has 0 spiro atoms. The number of carbonyl (C=O) groups excluding carboxylic acids is 2. The highest BCUT2D eigenvalue weighted by Crippen LogP contribution is 2.28. The van der Waals surface area contributed by atoms with Crippen molar-refractivity contribution in [2.75, 3.05) is 20.2 Å². The molecule has 24 heavy (non-hydrogen) atoms. The molecule has 1 aliphatic heterocycles. The van der Waals surface area contributed by atoms with Crippen LogP contribution >= 0.6 is 0 Å². The van der Waals surface area contributed by atoms with Gasteiger partial charge in [-0.25, -0.2) is 9.78 Å². The number of piperidine rings is 1. The zero-order valence-electron chi connectivity index (χ0n) is 13.3. The number of ether oxygens (including phenoxy) is 1. The van der Waals surface area contributed by atoms with Crippen molar-refractivity contribution in [3.8, 4) is 6.07 Å². The van der Waals surface area contributed by atoms with Crippen molar-refractivity contribution in [3.05, 3.63) is 30.2 Å². The standard InChI is InChI=1S/C17H17N3O4/c1-23-17(22)20-8-4-5-11(10-20)15(21)12(9-18)16-19-13-6-2-3-7-14(13)24-16/h2-3,6-7,11-12H,4-5,8,10H2,1H3/t11-,12+/m0/s1. The molecule has 0 saturated carbocycles. The number of methoxy groups -OCH3 is 1. The zero-order valence-corrected chi connectivity index (χ0v) is 13.3. The summed E-state index contributed by atoms with van der Waals surface area (Å²) in [5.74, 6) is -1.64. The molecule has 1 aliphatic rings. The van der Waals surface area contributed by atoms with Gasteiger partial charge in [-0.1, -0.05) is 12.1 Å². The van der Waals surface area contributed by atoms with E-state index in [1.807, 2.05) is 12.1 Å². The number of aromatic nitrogens is 1. The lowest BCUT2D eigenvalue weighted by molar-refractivity contribution is -0.124. The summed E-state index contributed by atoms with van der Waals surface area (Å²) in [6.07, 6.45) is 0.866. The molecular formula is C17H17N3O4. The van der Waals surface area contributed by atoms with Crippen molar-refractivity contribution in [2.45, 2.75) is 18.8 Å². The molecule has 0 N–H and O–H groups in total. The van der Waals surface area contributed by atoms with Crippen molar-refractivity contribution >= 4 is 23.0 Å². The summed E-state index contributed by atoms with van der Waals surface area (Å²) in [5.41, 5.74) is 1.15. The first-order valence-electron chi connectivity index (χ1n) is 7.75. The molecule has 3 rings (SSSR count). The van der Waals surface area contributed by atoms with E-state index in [2.05, 4.69) is 4.98 Å². The Labute approximate surface area is 138 Å². The number of ketones is 1. The van der Waals surface area contributed by atoms with Gasteiger partial charge in [0, 0.05) is 19.0 Å². The molecule has 1 amide bonds. The Bertz CT molecular complexity index is 775. The third kappa shape index (κ3) is 2.95. The van der Waals surface area contributed by atoms with Gasteiger partial charge in [0.25, 0.3) is 0 Å². The summed E-state index contributed by atoms with van der Waals surface area (Å²) in [6, 6.07) is 9.11. The number of fused-ring (bicyclic) bond motifs is 1. The van der Waals surface area contributed by atoms with Crippen molar-refractivity contribution in [3.63, 3.8) is 0 Å². The van der Waals surface area contributed by atoms with E-state index >= 15 is 0 Å². The number of para-hydroxylation sites is 2. The second kappa shape index (κ2) is 6.71. The molecule has 1 aromatic heterocycles. The second-order valence-electron chi connectivity index (χ2n) is 5.74. The highest BCUT2D eigenvalue weighted by Gasteiger charge is 2.35. The average Bonchev–Trinajstić information content (AvgIpc) is 3.05. The van der Waals surface area contributed by atoms with Gasteiger partial charge in [-0.3, -0.25) is 4.79 Å². The van der Waals surface area contributed by atoms with Crippen LogP contribution in [0.3, 0.4) is 0 Å². The molecule has 1 fully saturated rings. The fourth-order valence-corrected chi connectivity index (χ4v) is 2.99. The predicted octanol–water partition coefficient (Wildman–Crippen LogP) is 2.48. The van der Waals surface area contributed by atoms with E-state index in [0.29, 0.717) is 30.5 Å². The Hall–Kier alpha value is -2.88. The SMILES string of the molecule is COC(=O)N1CCC[C@H](C(=O)[C@@H](C#N)c2nc3ccccc3o2)C1. The molecule has 0 bridgehead atoms. The smallest absolute Gasteiger partial charge is 0.409 e. The molecule has 7 heteroatoms. The van der Waals surface area contributed by atoms with Crippen molar-refractivity contribution in [1.82, 2.24) is 9.88 Å². The minimum absolute atomic E-state index is 0.110. The monoisotopic (exact) mass is 327 g/mol. The summed E-state index contributed by atoms with van der Waals surface area (Å²) >= 11 is 0. The van der Waals surface area contributed by atoms with Gasteiger partial charge in [-0.15, -0.1) is 0 Å². The van der Waals surface area contributed by atoms with E-state index in [1.165, 1.54) is 12.0 Å². The molecule has 0 aliphatic carbocycles. The van der Waals surface area contributed by atoms with Crippen LogP contribution in [0.4, 0.5) is 4.79 Å². The minimum Gasteiger partial charge on any atom is -0.453 e.